The minimum absolute atomic E-state index is 0.0143. The van der Waals surface area contributed by atoms with E-state index in [0.717, 1.165) is 77.0 Å². The summed E-state index contributed by atoms with van der Waals surface area (Å²) in [6.07, 6.45) is 26.3. The molecule has 1 fully saturated rings. The van der Waals surface area contributed by atoms with Gasteiger partial charge in [0.2, 0.25) is 0 Å². The van der Waals surface area contributed by atoms with Crippen molar-refractivity contribution in [1.82, 2.24) is 0 Å². The molecule has 246 valence electrons. The van der Waals surface area contributed by atoms with Gasteiger partial charge in [0, 0.05) is 24.7 Å². The maximum absolute atomic E-state index is 12.9. The normalized spacial score (nSPS) is 18.2. The van der Waals surface area contributed by atoms with Gasteiger partial charge in [-0.2, -0.15) is 0 Å². The standard InChI is InChI=1S/C37H68O5/c1-5-9-11-13-15-16-18-23-30-41-37(40)31(8-4)25-20-19-21-26-32-33(28-29-34(32)38)35(42-36(39)24-7-3)27-22-17-14-12-10-6-2/h31-33,35H,5-30H2,1-4H3/t31?,32-,33+,35?/m1/s1. The molecule has 5 heteroatoms. The van der Waals surface area contributed by atoms with E-state index in [1.807, 2.05) is 6.92 Å². The molecule has 1 rings (SSSR count). The van der Waals surface area contributed by atoms with Crippen LogP contribution >= 0.6 is 0 Å². The third kappa shape index (κ3) is 17.7. The Balaban J connectivity index is 2.39. The third-order valence-electron chi connectivity index (χ3n) is 9.35. The average molecular weight is 593 g/mol. The predicted octanol–water partition coefficient (Wildman–Crippen LogP) is 10.7. The van der Waals surface area contributed by atoms with Gasteiger partial charge in [-0.1, -0.05) is 124 Å². The zero-order chi connectivity index (χ0) is 30.8. The number of esters is 2. The summed E-state index contributed by atoms with van der Waals surface area (Å²) >= 11 is 0. The highest BCUT2D eigenvalue weighted by atomic mass is 16.5. The van der Waals surface area contributed by atoms with E-state index in [0.29, 0.717) is 25.2 Å². The fourth-order valence-corrected chi connectivity index (χ4v) is 6.62. The van der Waals surface area contributed by atoms with E-state index in [9.17, 15) is 14.4 Å². The Morgan fingerprint density at radius 2 is 1.29 bits per heavy atom. The van der Waals surface area contributed by atoms with Crippen LogP contribution in [0.15, 0.2) is 0 Å². The Labute approximate surface area is 260 Å². The van der Waals surface area contributed by atoms with Gasteiger partial charge in [-0.3, -0.25) is 14.4 Å². The second-order valence-corrected chi connectivity index (χ2v) is 13.0. The van der Waals surface area contributed by atoms with Gasteiger partial charge in [0.05, 0.1) is 12.5 Å². The third-order valence-corrected chi connectivity index (χ3v) is 9.35. The monoisotopic (exact) mass is 593 g/mol. The molecule has 5 nitrogen and oxygen atoms in total. The number of ether oxygens (including phenoxy) is 2. The van der Waals surface area contributed by atoms with E-state index in [-0.39, 0.29) is 35.8 Å². The zero-order valence-corrected chi connectivity index (χ0v) is 28.2. The molecule has 0 radical (unpaired) electrons. The number of ketones is 1. The Morgan fingerprint density at radius 3 is 1.90 bits per heavy atom. The molecule has 0 saturated heterocycles. The lowest BCUT2D eigenvalue weighted by atomic mass is 9.84. The molecular weight excluding hydrogens is 524 g/mol. The van der Waals surface area contributed by atoms with Crippen molar-refractivity contribution in [2.45, 2.75) is 194 Å². The van der Waals surface area contributed by atoms with Crippen LogP contribution in [0.2, 0.25) is 0 Å². The summed E-state index contributed by atoms with van der Waals surface area (Å²) in [4.78, 5) is 37.9. The molecule has 0 bridgehead atoms. The Bertz CT molecular complexity index is 690. The fourth-order valence-electron chi connectivity index (χ4n) is 6.62. The number of carbonyl (C=O) groups is 3. The van der Waals surface area contributed by atoms with Crippen LogP contribution in [0.5, 0.6) is 0 Å². The first kappa shape index (κ1) is 38.6. The highest BCUT2D eigenvalue weighted by Crippen LogP contribution is 2.38. The lowest BCUT2D eigenvalue weighted by Gasteiger charge is -2.28. The summed E-state index contributed by atoms with van der Waals surface area (Å²) in [7, 11) is 0. The lowest BCUT2D eigenvalue weighted by molar-refractivity contribution is -0.154. The summed E-state index contributed by atoms with van der Waals surface area (Å²) in [6.45, 7) is 9.11. The number of hydrogen-bond donors (Lipinski definition) is 0. The van der Waals surface area contributed by atoms with Crippen molar-refractivity contribution in [3.05, 3.63) is 0 Å². The Hall–Kier alpha value is -1.39. The summed E-state index contributed by atoms with van der Waals surface area (Å²) in [5.41, 5.74) is 0. The van der Waals surface area contributed by atoms with Crippen LogP contribution in [0.4, 0.5) is 0 Å². The van der Waals surface area contributed by atoms with E-state index in [2.05, 4.69) is 20.8 Å². The largest absolute Gasteiger partial charge is 0.465 e. The van der Waals surface area contributed by atoms with Crippen LogP contribution in [0.25, 0.3) is 0 Å². The molecule has 0 spiro atoms. The van der Waals surface area contributed by atoms with Crippen LogP contribution in [0, 0.1) is 17.8 Å². The second kappa shape index (κ2) is 26.1. The molecule has 4 atom stereocenters. The fraction of sp³-hybridized carbons (Fsp3) is 0.919. The average Bonchev–Trinajstić information content (AvgIpc) is 3.35. The van der Waals surface area contributed by atoms with Gasteiger partial charge < -0.3 is 9.47 Å². The quantitative estimate of drug-likeness (QED) is 0.0667. The van der Waals surface area contributed by atoms with Gasteiger partial charge in [0.1, 0.15) is 11.9 Å². The number of Topliss-reactive ketones (excluding diaryl/α,β-unsaturated/α-hetero) is 1. The first-order valence-electron chi connectivity index (χ1n) is 18.4. The van der Waals surface area contributed by atoms with E-state index in [1.54, 1.807) is 0 Å². The molecule has 0 aliphatic heterocycles. The molecule has 0 aromatic carbocycles. The summed E-state index contributed by atoms with van der Waals surface area (Å²) in [5, 5.41) is 0. The zero-order valence-electron chi connectivity index (χ0n) is 28.2. The van der Waals surface area contributed by atoms with E-state index in [4.69, 9.17) is 9.47 Å². The maximum Gasteiger partial charge on any atom is 0.308 e. The molecule has 2 unspecified atom stereocenters. The molecular formula is C37H68O5. The van der Waals surface area contributed by atoms with Crippen LogP contribution in [-0.4, -0.2) is 30.4 Å². The number of unbranched alkanes of at least 4 members (excludes halogenated alkanes) is 14. The van der Waals surface area contributed by atoms with Crippen molar-refractivity contribution in [2.24, 2.45) is 17.8 Å². The van der Waals surface area contributed by atoms with Gasteiger partial charge >= 0.3 is 11.9 Å². The van der Waals surface area contributed by atoms with Crippen LogP contribution < -0.4 is 0 Å². The van der Waals surface area contributed by atoms with Gasteiger partial charge in [0.25, 0.3) is 0 Å². The van der Waals surface area contributed by atoms with Gasteiger partial charge in [-0.05, 0) is 51.4 Å². The molecule has 1 aliphatic carbocycles. The van der Waals surface area contributed by atoms with E-state index < -0.39 is 0 Å². The summed E-state index contributed by atoms with van der Waals surface area (Å²) in [6, 6.07) is 0. The molecule has 1 aliphatic rings. The van der Waals surface area contributed by atoms with Crippen LogP contribution in [0.1, 0.15) is 188 Å². The first-order chi connectivity index (χ1) is 20.5. The van der Waals surface area contributed by atoms with Crippen molar-refractivity contribution in [3.8, 4) is 0 Å². The number of hydrogen-bond acceptors (Lipinski definition) is 5. The Morgan fingerprint density at radius 1 is 0.714 bits per heavy atom. The van der Waals surface area contributed by atoms with Crippen LogP contribution in [0.3, 0.4) is 0 Å². The minimum Gasteiger partial charge on any atom is -0.465 e. The van der Waals surface area contributed by atoms with Crippen molar-refractivity contribution in [2.75, 3.05) is 6.61 Å². The van der Waals surface area contributed by atoms with Crippen LogP contribution in [-0.2, 0) is 23.9 Å². The highest BCUT2D eigenvalue weighted by Gasteiger charge is 2.40. The van der Waals surface area contributed by atoms with E-state index >= 15 is 0 Å². The van der Waals surface area contributed by atoms with Gasteiger partial charge in [-0.25, -0.2) is 0 Å². The maximum atomic E-state index is 12.9. The smallest absolute Gasteiger partial charge is 0.308 e. The molecule has 0 amide bonds. The minimum atomic E-state index is -0.119. The molecule has 1 saturated carbocycles. The van der Waals surface area contributed by atoms with Crippen molar-refractivity contribution < 1.29 is 23.9 Å². The second-order valence-electron chi connectivity index (χ2n) is 13.0. The van der Waals surface area contributed by atoms with Crippen molar-refractivity contribution in [3.63, 3.8) is 0 Å². The molecule has 0 heterocycles. The molecule has 0 N–H and O–H groups in total. The highest BCUT2D eigenvalue weighted by molar-refractivity contribution is 5.83. The van der Waals surface area contributed by atoms with Gasteiger partial charge in [-0.15, -0.1) is 0 Å². The topological polar surface area (TPSA) is 69.7 Å². The Kier molecular flexibility index (Phi) is 24.0. The SMILES string of the molecule is CCCCCCCCCCOC(=O)C(CC)CCCCC[C@H]1C(=O)CC[C@@H]1C(CCCCCCCC)OC(=O)CCC. The van der Waals surface area contributed by atoms with E-state index in [1.165, 1.54) is 70.6 Å². The molecule has 0 aromatic rings. The number of carbonyl (C=O) groups excluding carboxylic acids is 3. The summed E-state index contributed by atoms with van der Waals surface area (Å²) < 4.78 is 11.6. The van der Waals surface area contributed by atoms with Crippen molar-refractivity contribution in [1.29, 1.82) is 0 Å². The molecule has 42 heavy (non-hydrogen) atoms. The predicted molar refractivity (Wildman–Crippen MR) is 174 cm³/mol. The number of rotatable bonds is 28. The van der Waals surface area contributed by atoms with Gasteiger partial charge in [0.15, 0.2) is 0 Å². The summed E-state index contributed by atoms with van der Waals surface area (Å²) in [5.74, 6) is 0.395. The van der Waals surface area contributed by atoms with Crippen molar-refractivity contribution >= 4 is 17.7 Å². The first-order valence-corrected chi connectivity index (χ1v) is 18.4. The molecule has 0 aromatic heterocycles. The lowest BCUT2D eigenvalue weighted by Crippen LogP contribution is -2.31.